The van der Waals surface area contributed by atoms with Crippen molar-refractivity contribution in [3.63, 3.8) is 0 Å². The Bertz CT molecular complexity index is 412. The van der Waals surface area contributed by atoms with Gasteiger partial charge in [0.15, 0.2) is 0 Å². The first-order valence-corrected chi connectivity index (χ1v) is 5.11. The summed E-state index contributed by atoms with van der Waals surface area (Å²) in [6.45, 7) is 1.98. The zero-order chi connectivity index (χ0) is 9.26. The zero-order valence-electron chi connectivity index (χ0n) is 6.99. The van der Waals surface area contributed by atoms with E-state index in [0.717, 1.165) is 16.8 Å². The fourth-order valence-electron chi connectivity index (χ4n) is 1.11. The molecule has 0 aliphatic rings. The van der Waals surface area contributed by atoms with Crippen molar-refractivity contribution in [1.82, 2.24) is 9.97 Å². The minimum absolute atomic E-state index is 0.298. The van der Waals surface area contributed by atoms with Gasteiger partial charge in [-0.15, -0.1) is 0 Å². The summed E-state index contributed by atoms with van der Waals surface area (Å²) in [6.07, 6.45) is 1.74. The molecule has 2 aromatic rings. The molecule has 0 atom stereocenters. The first kappa shape index (κ1) is 8.66. The van der Waals surface area contributed by atoms with Crippen LogP contribution in [0.4, 0.5) is 0 Å². The van der Waals surface area contributed by atoms with Gasteiger partial charge in [-0.3, -0.25) is 0 Å². The molecule has 2 heterocycles. The lowest BCUT2D eigenvalue weighted by Crippen LogP contribution is -1.89. The van der Waals surface area contributed by atoms with Gasteiger partial charge in [0, 0.05) is 17.1 Å². The van der Waals surface area contributed by atoms with Crippen LogP contribution in [0.2, 0.25) is 5.28 Å². The molecule has 0 amide bonds. The maximum absolute atomic E-state index is 5.71. The molecule has 13 heavy (non-hydrogen) atoms. The van der Waals surface area contributed by atoms with E-state index in [0.29, 0.717) is 5.28 Å². The van der Waals surface area contributed by atoms with Crippen molar-refractivity contribution in [3.05, 3.63) is 33.9 Å². The maximum Gasteiger partial charge on any atom is 0.222 e. The van der Waals surface area contributed by atoms with Gasteiger partial charge in [-0.2, -0.15) is 11.3 Å². The van der Waals surface area contributed by atoms with E-state index in [4.69, 9.17) is 11.6 Å². The summed E-state index contributed by atoms with van der Waals surface area (Å²) in [5, 5.41) is 4.36. The molecule has 0 saturated carbocycles. The fourth-order valence-corrected chi connectivity index (χ4v) is 1.89. The standard InChI is InChI=1S/C9H7ClN2S/c1-6-4-11-9(10)12-8(6)7-2-3-13-5-7/h2-5H,1H3. The lowest BCUT2D eigenvalue weighted by atomic mass is 10.1. The lowest BCUT2D eigenvalue weighted by molar-refractivity contribution is 1.14. The minimum Gasteiger partial charge on any atom is -0.226 e. The smallest absolute Gasteiger partial charge is 0.222 e. The van der Waals surface area contributed by atoms with Crippen LogP contribution in [0.3, 0.4) is 0 Å². The number of nitrogens with zero attached hydrogens (tertiary/aromatic N) is 2. The summed E-state index contributed by atoms with van der Waals surface area (Å²) in [6, 6.07) is 2.02. The lowest BCUT2D eigenvalue weighted by Gasteiger charge is -2.00. The average molecular weight is 211 g/mol. The average Bonchev–Trinajstić information content (AvgIpc) is 2.61. The van der Waals surface area contributed by atoms with E-state index in [1.807, 2.05) is 23.8 Å². The highest BCUT2D eigenvalue weighted by atomic mass is 35.5. The van der Waals surface area contributed by atoms with Crippen LogP contribution in [-0.2, 0) is 0 Å². The molecule has 0 saturated heterocycles. The van der Waals surface area contributed by atoms with E-state index in [2.05, 4.69) is 9.97 Å². The van der Waals surface area contributed by atoms with E-state index < -0.39 is 0 Å². The van der Waals surface area contributed by atoms with Crippen LogP contribution in [0, 0.1) is 6.92 Å². The fraction of sp³-hybridized carbons (Fsp3) is 0.111. The molecule has 0 radical (unpaired) electrons. The molecule has 4 heteroatoms. The molecule has 2 nitrogen and oxygen atoms in total. The van der Waals surface area contributed by atoms with Crippen LogP contribution in [0.25, 0.3) is 11.3 Å². The van der Waals surface area contributed by atoms with Crippen molar-refractivity contribution in [2.75, 3.05) is 0 Å². The number of hydrogen-bond donors (Lipinski definition) is 0. The van der Waals surface area contributed by atoms with Gasteiger partial charge in [-0.1, -0.05) is 0 Å². The maximum atomic E-state index is 5.71. The Balaban J connectivity index is 2.57. The van der Waals surface area contributed by atoms with Crippen LogP contribution in [-0.4, -0.2) is 9.97 Å². The number of aryl methyl sites for hydroxylation is 1. The summed E-state index contributed by atoms with van der Waals surface area (Å²) in [5.41, 5.74) is 3.07. The second-order valence-electron chi connectivity index (χ2n) is 2.68. The number of rotatable bonds is 1. The highest BCUT2D eigenvalue weighted by Crippen LogP contribution is 2.23. The number of hydrogen-bond acceptors (Lipinski definition) is 3. The van der Waals surface area contributed by atoms with Crippen molar-refractivity contribution in [3.8, 4) is 11.3 Å². The summed E-state index contributed by atoms with van der Waals surface area (Å²) >= 11 is 7.36. The number of halogens is 1. The largest absolute Gasteiger partial charge is 0.226 e. The third-order valence-corrected chi connectivity index (χ3v) is 2.60. The van der Waals surface area contributed by atoms with Crippen LogP contribution < -0.4 is 0 Å². The van der Waals surface area contributed by atoms with Crippen LogP contribution in [0.5, 0.6) is 0 Å². The summed E-state index contributed by atoms with van der Waals surface area (Å²) in [4.78, 5) is 8.08. The third kappa shape index (κ3) is 1.71. The Morgan fingerprint density at radius 1 is 1.46 bits per heavy atom. The van der Waals surface area contributed by atoms with Gasteiger partial charge < -0.3 is 0 Å². The van der Waals surface area contributed by atoms with Crippen molar-refractivity contribution < 1.29 is 0 Å². The predicted octanol–water partition coefficient (Wildman–Crippen LogP) is 3.17. The Kier molecular flexibility index (Phi) is 2.29. The quantitative estimate of drug-likeness (QED) is 0.676. The Morgan fingerprint density at radius 2 is 2.31 bits per heavy atom. The molecule has 0 aliphatic heterocycles. The van der Waals surface area contributed by atoms with Crippen LogP contribution in [0.1, 0.15) is 5.56 Å². The molecule has 0 aliphatic carbocycles. The van der Waals surface area contributed by atoms with Crippen molar-refractivity contribution >= 4 is 22.9 Å². The van der Waals surface area contributed by atoms with Crippen molar-refractivity contribution in [1.29, 1.82) is 0 Å². The molecule has 0 fully saturated rings. The molecular weight excluding hydrogens is 204 g/mol. The van der Waals surface area contributed by atoms with Gasteiger partial charge in [-0.25, -0.2) is 9.97 Å². The number of aromatic nitrogens is 2. The Morgan fingerprint density at radius 3 is 3.00 bits per heavy atom. The minimum atomic E-state index is 0.298. The Hall–Kier alpha value is -0.930. The number of thiophene rings is 1. The van der Waals surface area contributed by atoms with E-state index in [-0.39, 0.29) is 0 Å². The SMILES string of the molecule is Cc1cnc(Cl)nc1-c1ccsc1. The molecule has 2 rings (SSSR count). The van der Waals surface area contributed by atoms with Crippen LogP contribution in [0.15, 0.2) is 23.0 Å². The van der Waals surface area contributed by atoms with Crippen molar-refractivity contribution in [2.45, 2.75) is 6.92 Å². The van der Waals surface area contributed by atoms with Gasteiger partial charge in [0.05, 0.1) is 5.69 Å². The first-order valence-electron chi connectivity index (χ1n) is 3.79. The summed E-state index contributed by atoms with van der Waals surface area (Å²) < 4.78 is 0. The monoisotopic (exact) mass is 210 g/mol. The highest BCUT2D eigenvalue weighted by Gasteiger charge is 2.04. The molecule has 66 valence electrons. The van der Waals surface area contributed by atoms with Crippen molar-refractivity contribution in [2.24, 2.45) is 0 Å². The zero-order valence-corrected chi connectivity index (χ0v) is 8.56. The van der Waals surface area contributed by atoms with Crippen LogP contribution >= 0.6 is 22.9 Å². The predicted molar refractivity (Wildman–Crippen MR) is 55.1 cm³/mol. The van der Waals surface area contributed by atoms with Gasteiger partial charge in [0.25, 0.3) is 0 Å². The molecule has 0 unspecified atom stereocenters. The molecule has 2 aromatic heterocycles. The normalized spacial score (nSPS) is 10.3. The second kappa shape index (κ2) is 3.44. The summed E-state index contributed by atoms with van der Waals surface area (Å²) in [7, 11) is 0. The molecule has 0 spiro atoms. The molecule has 0 bridgehead atoms. The van der Waals surface area contributed by atoms with Gasteiger partial charge in [0.1, 0.15) is 0 Å². The highest BCUT2D eigenvalue weighted by molar-refractivity contribution is 7.08. The molecule has 0 aromatic carbocycles. The first-order chi connectivity index (χ1) is 6.27. The van der Waals surface area contributed by atoms with Gasteiger partial charge >= 0.3 is 0 Å². The van der Waals surface area contributed by atoms with E-state index >= 15 is 0 Å². The van der Waals surface area contributed by atoms with Gasteiger partial charge in [-0.05, 0) is 35.5 Å². The Labute approximate surface area is 85.2 Å². The molecular formula is C9H7ClN2S. The van der Waals surface area contributed by atoms with E-state index in [9.17, 15) is 0 Å². The topological polar surface area (TPSA) is 25.8 Å². The second-order valence-corrected chi connectivity index (χ2v) is 3.80. The van der Waals surface area contributed by atoms with E-state index in [1.165, 1.54) is 0 Å². The summed E-state index contributed by atoms with van der Waals surface area (Å²) in [5.74, 6) is 0. The van der Waals surface area contributed by atoms with E-state index in [1.54, 1.807) is 17.5 Å². The third-order valence-electron chi connectivity index (χ3n) is 1.74. The molecule has 0 N–H and O–H groups in total. The van der Waals surface area contributed by atoms with Gasteiger partial charge in [0.2, 0.25) is 5.28 Å².